The number of rotatable bonds is 3. The predicted molar refractivity (Wildman–Crippen MR) is 89.0 cm³/mol. The summed E-state index contributed by atoms with van der Waals surface area (Å²) < 4.78 is 5.85. The van der Waals surface area contributed by atoms with Crippen molar-refractivity contribution < 1.29 is 9.52 Å². The maximum Gasteiger partial charge on any atom is 0.135 e. The van der Waals surface area contributed by atoms with Crippen LogP contribution in [0.5, 0.6) is 0 Å². The zero-order chi connectivity index (χ0) is 14.9. The van der Waals surface area contributed by atoms with E-state index in [2.05, 4.69) is 17.0 Å². The average molecular weight is 295 g/mol. The molecule has 22 heavy (non-hydrogen) atoms. The highest BCUT2D eigenvalue weighted by Crippen LogP contribution is 2.30. The van der Waals surface area contributed by atoms with E-state index >= 15 is 0 Å². The van der Waals surface area contributed by atoms with Gasteiger partial charge in [-0.25, -0.2) is 0 Å². The number of aliphatic hydroxyl groups excluding tert-OH is 1. The molecule has 1 aromatic heterocycles. The summed E-state index contributed by atoms with van der Waals surface area (Å²) in [6.45, 7) is 2.93. The maximum absolute atomic E-state index is 10.6. The van der Waals surface area contributed by atoms with Gasteiger partial charge in [-0.15, -0.1) is 0 Å². The van der Waals surface area contributed by atoms with Crippen LogP contribution >= 0.6 is 0 Å². The predicted octanol–water partition coefficient (Wildman–Crippen LogP) is 4.11. The molecular formula is C19H21NO2. The molecule has 1 saturated heterocycles. The first-order chi connectivity index (χ1) is 10.8. The second kappa shape index (κ2) is 5.75. The lowest BCUT2D eigenvalue weighted by Gasteiger charge is -2.28. The quantitative estimate of drug-likeness (QED) is 0.790. The van der Waals surface area contributed by atoms with Gasteiger partial charge in [0.1, 0.15) is 11.2 Å². The van der Waals surface area contributed by atoms with E-state index in [0.29, 0.717) is 0 Å². The third kappa shape index (κ3) is 2.51. The summed E-state index contributed by atoms with van der Waals surface area (Å²) in [5, 5.41) is 12.8. The number of likely N-dealkylation sites (tertiary alicyclic amines) is 1. The molecule has 2 aromatic carbocycles. The van der Waals surface area contributed by atoms with Crippen LogP contribution in [0.4, 0.5) is 0 Å². The number of furan rings is 1. The number of hydrogen-bond donors (Lipinski definition) is 1. The average Bonchev–Trinajstić information content (AvgIpc) is 2.93. The van der Waals surface area contributed by atoms with Crippen molar-refractivity contribution in [3.63, 3.8) is 0 Å². The van der Waals surface area contributed by atoms with E-state index in [4.69, 9.17) is 4.42 Å². The van der Waals surface area contributed by atoms with Gasteiger partial charge in [-0.2, -0.15) is 0 Å². The maximum atomic E-state index is 10.6. The van der Waals surface area contributed by atoms with E-state index in [1.165, 1.54) is 19.3 Å². The minimum Gasteiger partial charge on any atom is -0.456 e. The number of hydrogen-bond acceptors (Lipinski definition) is 3. The fraction of sp³-hybridized carbons (Fsp3) is 0.368. The molecule has 0 amide bonds. The Morgan fingerprint density at radius 1 is 0.955 bits per heavy atom. The number of para-hydroxylation sites is 1. The Balaban J connectivity index is 1.64. The van der Waals surface area contributed by atoms with Gasteiger partial charge in [0.05, 0.1) is 6.10 Å². The van der Waals surface area contributed by atoms with Crippen molar-refractivity contribution in [3.8, 4) is 0 Å². The molecule has 114 valence electrons. The summed E-state index contributed by atoms with van der Waals surface area (Å²) in [5.74, 6) is 0. The van der Waals surface area contributed by atoms with Crippen LogP contribution in [0.2, 0.25) is 0 Å². The minimum atomic E-state index is -0.434. The molecule has 1 aliphatic rings. The fourth-order valence-corrected chi connectivity index (χ4v) is 3.44. The fourth-order valence-electron chi connectivity index (χ4n) is 3.44. The van der Waals surface area contributed by atoms with Crippen LogP contribution in [-0.2, 0) is 0 Å². The molecule has 1 fully saturated rings. The Labute approximate surface area is 130 Å². The van der Waals surface area contributed by atoms with E-state index in [-0.39, 0.29) is 0 Å². The minimum absolute atomic E-state index is 0.434. The van der Waals surface area contributed by atoms with Crippen LogP contribution in [0.3, 0.4) is 0 Å². The van der Waals surface area contributed by atoms with Crippen molar-refractivity contribution in [1.29, 1.82) is 0 Å². The van der Waals surface area contributed by atoms with Gasteiger partial charge >= 0.3 is 0 Å². The number of nitrogens with zero attached hydrogens (tertiary/aromatic N) is 1. The van der Waals surface area contributed by atoms with Crippen molar-refractivity contribution in [2.45, 2.75) is 25.4 Å². The molecule has 1 atom stereocenters. The molecule has 3 nitrogen and oxygen atoms in total. The lowest BCUT2D eigenvalue weighted by Crippen LogP contribution is -2.33. The molecule has 2 heterocycles. The van der Waals surface area contributed by atoms with Crippen LogP contribution in [-0.4, -0.2) is 29.6 Å². The molecule has 3 heteroatoms. The second-order valence-corrected chi connectivity index (χ2v) is 6.23. The smallest absolute Gasteiger partial charge is 0.135 e. The lowest BCUT2D eigenvalue weighted by atomic mass is 10.0. The van der Waals surface area contributed by atoms with Gasteiger partial charge in [-0.1, -0.05) is 30.7 Å². The molecule has 3 aromatic rings. The standard InChI is InChI=1S/C19H21NO2/c21-17(13-20-10-4-1-5-11-20)14-8-9-19-16(12-14)15-6-2-3-7-18(15)22-19/h2-3,6-9,12,17,21H,1,4-5,10-11,13H2/t17-/m1/s1. The van der Waals surface area contributed by atoms with Gasteiger partial charge in [-0.3, -0.25) is 0 Å². The molecule has 0 bridgehead atoms. The topological polar surface area (TPSA) is 36.6 Å². The van der Waals surface area contributed by atoms with Crippen molar-refractivity contribution in [1.82, 2.24) is 4.90 Å². The van der Waals surface area contributed by atoms with Crippen LogP contribution in [0.25, 0.3) is 21.9 Å². The van der Waals surface area contributed by atoms with Gasteiger partial charge in [0, 0.05) is 17.3 Å². The largest absolute Gasteiger partial charge is 0.456 e. The molecule has 0 spiro atoms. The number of fused-ring (bicyclic) bond motifs is 3. The zero-order valence-corrected chi connectivity index (χ0v) is 12.7. The summed E-state index contributed by atoms with van der Waals surface area (Å²) in [7, 11) is 0. The molecule has 1 aliphatic heterocycles. The number of β-amino-alcohol motifs (C(OH)–C–C–N with tert-alkyl or cyclic N) is 1. The Bertz CT molecular complexity index is 786. The summed E-state index contributed by atoms with van der Waals surface area (Å²) in [5.41, 5.74) is 2.76. The number of benzene rings is 2. The third-order valence-electron chi connectivity index (χ3n) is 4.67. The van der Waals surface area contributed by atoms with Gasteiger partial charge in [0.15, 0.2) is 0 Å². The first kappa shape index (κ1) is 13.8. The first-order valence-electron chi connectivity index (χ1n) is 8.13. The second-order valence-electron chi connectivity index (χ2n) is 6.23. The highest BCUT2D eigenvalue weighted by molar-refractivity contribution is 6.04. The molecule has 4 rings (SSSR count). The van der Waals surface area contributed by atoms with E-state index in [0.717, 1.165) is 47.1 Å². The third-order valence-corrected chi connectivity index (χ3v) is 4.67. The Morgan fingerprint density at radius 3 is 2.59 bits per heavy atom. The van der Waals surface area contributed by atoms with Crippen molar-refractivity contribution in [2.75, 3.05) is 19.6 Å². The lowest BCUT2D eigenvalue weighted by molar-refractivity contribution is 0.102. The summed E-state index contributed by atoms with van der Waals surface area (Å²) in [6, 6.07) is 14.1. The zero-order valence-electron chi connectivity index (χ0n) is 12.7. The van der Waals surface area contributed by atoms with Crippen LogP contribution in [0, 0.1) is 0 Å². The van der Waals surface area contributed by atoms with E-state index in [1.54, 1.807) is 0 Å². The first-order valence-corrected chi connectivity index (χ1v) is 8.13. The van der Waals surface area contributed by atoms with Crippen LogP contribution in [0.15, 0.2) is 46.9 Å². The molecular weight excluding hydrogens is 274 g/mol. The number of piperidine rings is 1. The van der Waals surface area contributed by atoms with Gasteiger partial charge in [0.25, 0.3) is 0 Å². The van der Waals surface area contributed by atoms with Crippen molar-refractivity contribution in [2.24, 2.45) is 0 Å². The van der Waals surface area contributed by atoms with Crippen molar-refractivity contribution in [3.05, 3.63) is 48.0 Å². The molecule has 0 aliphatic carbocycles. The summed E-state index contributed by atoms with van der Waals surface area (Å²) >= 11 is 0. The van der Waals surface area contributed by atoms with Crippen molar-refractivity contribution >= 4 is 21.9 Å². The van der Waals surface area contributed by atoms with Crippen LogP contribution < -0.4 is 0 Å². The molecule has 1 N–H and O–H groups in total. The van der Waals surface area contributed by atoms with Crippen LogP contribution in [0.1, 0.15) is 30.9 Å². The monoisotopic (exact) mass is 295 g/mol. The normalized spacial score (nSPS) is 18.0. The highest BCUT2D eigenvalue weighted by atomic mass is 16.3. The Kier molecular flexibility index (Phi) is 3.60. The van der Waals surface area contributed by atoms with Gasteiger partial charge in [-0.05, 0) is 49.7 Å². The van der Waals surface area contributed by atoms with E-state index in [9.17, 15) is 5.11 Å². The summed E-state index contributed by atoms with van der Waals surface area (Å²) in [4.78, 5) is 2.37. The molecule has 0 radical (unpaired) electrons. The van der Waals surface area contributed by atoms with Gasteiger partial charge < -0.3 is 14.4 Å². The Morgan fingerprint density at radius 2 is 1.73 bits per heavy atom. The van der Waals surface area contributed by atoms with E-state index < -0.39 is 6.10 Å². The Hall–Kier alpha value is -1.84. The highest BCUT2D eigenvalue weighted by Gasteiger charge is 2.17. The molecule has 0 saturated carbocycles. The summed E-state index contributed by atoms with van der Waals surface area (Å²) in [6.07, 6.45) is 3.38. The number of aliphatic hydroxyl groups is 1. The van der Waals surface area contributed by atoms with Gasteiger partial charge in [0.2, 0.25) is 0 Å². The van der Waals surface area contributed by atoms with E-state index in [1.807, 2.05) is 30.3 Å². The SMILES string of the molecule is O[C@H](CN1CCCCC1)c1ccc2oc3ccccc3c2c1. The molecule has 0 unspecified atom stereocenters.